The van der Waals surface area contributed by atoms with E-state index in [4.69, 9.17) is 5.73 Å². The average Bonchev–Trinajstić information content (AvgIpc) is 2.28. The fraction of sp³-hybridized carbons (Fsp3) is 0.286. The fourth-order valence-corrected chi connectivity index (χ4v) is 2.05. The van der Waals surface area contributed by atoms with Crippen LogP contribution in [-0.2, 0) is 0 Å². The molecule has 0 aliphatic rings. The molecule has 0 fully saturated rings. The number of anilines is 1. The minimum Gasteiger partial charge on any atom is -0.383 e. The van der Waals surface area contributed by atoms with E-state index in [0.29, 0.717) is 11.6 Å². The van der Waals surface area contributed by atoms with Crippen molar-refractivity contribution >= 4 is 5.82 Å². The van der Waals surface area contributed by atoms with E-state index in [9.17, 15) is 4.39 Å². The number of rotatable bonds is 2. The zero-order valence-corrected chi connectivity index (χ0v) is 10.7. The van der Waals surface area contributed by atoms with Crippen molar-refractivity contribution in [1.29, 1.82) is 0 Å². The van der Waals surface area contributed by atoms with Crippen molar-refractivity contribution in [3.63, 3.8) is 0 Å². The Morgan fingerprint density at radius 2 is 1.72 bits per heavy atom. The van der Waals surface area contributed by atoms with E-state index in [1.54, 1.807) is 12.1 Å². The second-order valence-electron chi connectivity index (χ2n) is 4.59. The van der Waals surface area contributed by atoms with Crippen LogP contribution in [0.2, 0.25) is 0 Å². The summed E-state index contributed by atoms with van der Waals surface area (Å²) >= 11 is 0. The van der Waals surface area contributed by atoms with Crippen molar-refractivity contribution in [1.82, 2.24) is 9.97 Å². The lowest BCUT2D eigenvalue weighted by atomic mass is 10.0. The van der Waals surface area contributed by atoms with E-state index in [2.05, 4.69) is 23.8 Å². The number of hydrogen-bond donors (Lipinski definition) is 1. The number of nitrogens with zero attached hydrogens (tertiary/aromatic N) is 2. The number of halogens is 1. The molecule has 0 radical (unpaired) electrons. The van der Waals surface area contributed by atoms with Gasteiger partial charge in [-0.1, -0.05) is 13.8 Å². The molecule has 94 valence electrons. The van der Waals surface area contributed by atoms with Crippen molar-refractivity contribution in [2.24, 2.45) is 0 Å². The summed E-state index contributed by atoms with van der Waals surface area (Å²) in [5.74, 6) is 1.04. The first-order valence-corrected chi connectivity index (χ1v) is 5.89. The maximum absolute atomic E-state index is 12.9. The van der Waals surface area contributed by atoms with E-state index in [-0.39, 0.29) is 11.7 Å². The number of aromatic nitrogens is 2. The molecule has 18 heavy (non-hydrogen) atoms. The SMILES string of the molecule is Cc1nc(-c2ccc(F)cc2)nc(N)c1C(C)C. The van der Waals surface area contributed by atoms with Crippen LogP contribution in [0.1, 0.15) is 31.0 Å². The van der Waals surface area contributed by atoms with Gasteiger partial charge in [0.15, 0.2) is 5.82 Å². The van der Waals surface area contributed by atoms with Crippen LogP contribution in [0.4, 0.5) is 10.2 Å². The molecular formula is C14H16FN3. The third-order valence-electron chi connectivity index (χ3n) is 2.85. The van der Waals surface area contributed by atoms with E-state index in [0.717, 1.165) is 16.8 Å². The van der Waals surface area contributed by atoms with Gasteiger partial charge in [0, 0.05) is 16.8 Å². The highest BCUT2D eigenvalue weighted by atomic mass is 19.1. The summed E-state index contributed by atoms with van der Waals surface area (Å²) < 4.78 is 12.9. The molecule has 0 atom stereocenters. The Kier molecular flexibility index (Phi) is 3.28. The first-order valence-electron chi connectivity index (χ1n) is 5.89. The Bertz CT molecular complexity index is 539. The largest absolute Gasteiger partial charge is 0.383 e. The maximum Gasteiger partial charge on any atom is 0.161 e. The number of hydrogen-bond acceptors (Lipinski definition) is 3. The lowest BCUT2D eigenvalue weighted by Gasteiger charge is -2.13. The Balaban J connectivity index is 2.51. The number of nitrogens with two attached hydrogens (primary N) is 1. The monoisotopic (exact) mass is 245 g/mol. The van der Waals surface area contributed by atoms with Crippen molar-refractivity contribution in [2.45, 2.75) is 26.7 Å². The molecule has 0 bridgehead atoms. The third-order valence-corrected chi connectivity index (χ3v) is 2.85. The first kappa shape index (κ1) is 12.5. The molecule has 0 saturated carbocycles. The van der Waals surface area contributed by atoms with E-state index in [1.165, 1.54) is 12.1 Å². The Morgan fingerprint density at radius 1 is 1.11 bits per heavy atom. The molecule has 0 amide bonds. The van der Waals surface area contributed by atoms with Crippen LogP contribution in [-0.4, -0.2) is 9.97 Å². The summed E-state index contributed by atoms with van der Waals surface area (Å²) in [4.78, 5) is 8.74. The van der Waals surface area contributed by atoms with Gasteiger partial charge in [-0.3, -0.25) is 0 Å². The van der Waals surface area contributed by atoms with Gasteiger partial charge in [0.2, 0.25) is 0 Å². The maximum atomic E-state index is 12.9. The fourth-order valence-electron chi connectivity index (χ4n) is 2.05. The van der Waals surface area contributed by atoms with Crippen molar-refractivity contribution < 1.29 is 4.39 Å². The zero-order chi connectivity index (χ0) is 13.3. The predicted molar refractivity (Wildman–Crippen MR) is 70.7 cm³/mol. The highest BCUT2D eigenvalue weighted by molar-refractivity contribution is 5.59. The Hall–Kier alpha value is -1.97. The molecule has 0 unspecified atom stereocenters. The first-order chi connectivity index (χ1) is 8.49. The van der Waals surface area contributed by atoms with Crippen LogP contribution >= 0.6 is 0 Å². The van der Waals surface area contributed by atoms with Gasteiger partial charge in [0.25, 0.3) is 0 Å². The Labute approximate surface area is 106 Å². The van der Waals surface area contributed by atoms with Crippen LogP contribution < -0.4 is 5.73 Å². The van der Waals surface area contributed by atoms with Crippen LogP contribution in [0.25, 0.3) is 11.4 Å². The molecule has 0 spiro atoms. The average molecular weight is 245 g/mol. The number of benzene rings is 1. The van der Waals surface area contributed by atoms with Crippen LogP contribution in [0.5, 0.6) is 0 Å². The summed E-state index contributed by atoms with van der Waals surface area (Å²) in [5, 5.41) is 0. The topological polar surface area (TPSA) is 51.8 Å². The highest BCUT2D eigenvalue weighted by Crippen LogP contribution is 2.26. The molecule has 3 nitrogen and oxygen atoms in total. The molecule has 4 heteroatoms. The van der Waals surface area contributed by atoms with Crippen molar-refractivity contribution in [3.8, 4) is 11.4 Å². The summed E-state index contributed by atoms with van der Waals surface area (Å²) in [6, 6.07) is 6.08. The van der Waals surface area contributed by atoms with E-state index >= 15 is 0 Å². The van der Waals surface area contributed by atoms with Gasteiger partial charge in [-0.05, 0) is 37.1 Å². The molecule has 2 rings (SSSR count). The van der Waals surface area contributed by atoms with Crippen LogP contribution in [0.15, 0.2) is 24.3 Å². The molecule has 2 aromatic rings. The van der Waals surface area contributed by atoms with Crippen LogP contribution in [0.3, 0.4) is 0 Å². The van der Waals surface area contributed by atoms with Gasteiger partial charge in [-0.2, -0.15) is 0 Å². The predicted octanol–water partition coefficient (Wildman–Crippen LogP) is 3.30. The number of nitrogen functional groups attached to an aromatic ring is 1. The van der Waals surface area contributed by atoms with E-state index < -0.39 is 0 Å². The van der Waals surface area contributed by atoms with Gasteiger partial charge in [0.05, 0.1) is 0 Å². The highest BCUT2D eigenvalue weighted by Gasteiger charge is 2.13. The minimum atomic E-state index is -0.276. The lowest BCUT2D eigenvalue weighted by molar-refractivity contribution is 0.628. The molecule has 2 N–H and O–H groups in total. The standard InChI is InChI=1S/C14H16FN3/c1-8(2)12-9(3)17-14(18-13(12)16)10-4-6-11(15)7-5-10/h4-8H,1-3H3,(H2,16,17,18). The third kappa shape index (κ3) is 2.32. The van der Waals surface area contributed by atoms with Gasteiger partial charge in [-0.25, -0.2) is 14.4 Å². The second kappa shape index (κ2) is 4.72. The summed E-state index contributed by atoms with van der Waals surface area (Å²) in [6.45, 7) is 6.03. The molecule has 0 aliphatic heterocycles. The zero-order valence-electron chi connectivity index (χ0n) is 10.7. The quantitative estimate of drug-likeness (QED) is 0.883. The lowest BCUT2D eigenvalue weighted by Crippen LogP contribution is -2.06. The van der Waals surface area contributed by atoms with E-state index in [1.807, 2.05) is 6.92 Å². The van der Waals surface area contributed by atoms with Crippen LogP contribution in [0, 0.1) is 12.7 Å². The molecule has 0 aliphatic carbocycles. The molecule has 1 aromatic carbocycles. The molecule has 0 saturated heterocycles. The summed E-state index contributed by atoms with van der Waals surface area (Å²) in [7, 11) is 0. The van der Waals surface area contributed by atoms with Crippen molar-refractivity contribution in [2.75, 3.05) is 5.73 Å². The molecule has 1 heterocycles. The minimum absolute atomic E-state index is 0.276. The van der Waals surface area contributed by atoms with Gasteiger partial charge in [0.1, 0.15) is 11.6 Å². The van der Waals surface area contributed by atoms with Crippen molar-refractivity contribution in [3.05, 3.63) is 41.3 Å². The molecular weight excluding hydrogens is 229 g/mol. The smallest absolute Gasteiger partial charge is 0.161 e. The summed E-state index contributed by atoms with van der Waals surface area (Å²) in [5.41, 5.74) is 8.58. The van der Waals surface area contributed by atoms with Gasteiger partial charge < -0.3 is 5.73 Å². The normalized spacial score (nSPS) is 10.9. The second-order valence-corrected chi connectivity index (χ2v) is 4.59. The van der Waals surface area contributed by atoms with Gasteiger partial charge in [-0.15, -0.1) is 0 Å². The van der Waals surface area contributed by atoms with Gasteiger partial charge >= 0.3 is 0 Å². The number of aryl methyl sites for hydroxylation is 1. The molecule has 1 aromatic heterocycles. The Morgan fingerprint density at radius 3 is 2.22 bits per heavy atom. The summed E-state index contributed by atoms with van der Waals surface area (Å²) in [6.07, 6.45) is 0.